The SMILES string of the molecule is CC(CO)C(C)NC(=O)c1ccc2cn[nH]c2c1. The van der Waals surface area contributed by atoms with Crippen LogP contribution in [-0.2, 0) is 0 Å². The highest BCUT2D eigenvalue weighted by Crippen LogP contribution is 2.13. The Morgan fingerprint density at radius 3 is 3.00 bits per heavy atom. The van der Waals surface area contributed by atoms with E-state index in [0.29, 0.717) is 5.56 Å². The largest absolute Gasteiger partial charge is 0.396 e. The van der Waals surface area contributed by atoms with Crippen LogP contribution in [0.15, 0.2) is 24.4 Å². The number of hydrogen-bond acceptors (Lipinski definition) is 3. The number of aliphatic hydroxyl groups excluding tert-OH is 1. The van der Waals surface area contributed by atoms with Crippen LogP contribution in [0.4, 0.5) is 0 Å². The quantitative estimate of drug-likeness (QED) is 0.762. The summed E-state index contributed by atoms with van der Waals surface area (Å²) in [6.45, 7) is 3.83. The maximum absolute atomic E-state index is 12.0. The van der Waals surface area contributed by atoms with Gasteiger partial charge in [-0.05, 0) is 25.0 Å². The van der Waals surface area contributed by atoms with Crippen molar-refractivity contribution in [1.29, 1.82) is 0 Å². The summed E-state index contributed by atoms with van der Waals surface area (Å²) < 4.78 is 0. The maximum Gasteiger partial charge on any atom is 0.251 e. The molecule has 0 aliphatic heterocycles. The van der Waals surface area contributed by atoms with Gasteiger partial charge in [0, 0.05) is 23.6 Å². The molecule has 0 radical (unpaired) electrons. The molecule has 0 bridgehead atoms. The van der Waals surface area contributed by atoms with E-state index < -0.39 is 0 Å². The molecule has 1 heterocycles. The van der Waals surface area contributed by atoms with Crippen LogP contribution < -0.4 is 5.32 Å². The van der Waals surface area contributed by atoms with Crippen LogP contribution >= 0.6 is 0 Å². The molecule has 5 heteroatoms. The highest BCUT2D eigenvalue weighted by atomic mass is 16.3. The number of carbonyl (C=O) groups is 1. The topological polar surface area (TPSA) is 78.0 Å². The number of benzene rings is 1. The number of fused-ring (bicyclic) bond motifs is 1. The van der Waals surface area contributed by atoms with Crippen LogP contribution in [0.1, 0.15) is 24.2 Å². The average Bonchev–Trinajstić information content (AvgIpc) is 2.84. The van der Waals surface area contributed by atoms with E-state index >= 15 is 0 Å². The molecular weight excluding hydrogens is 230 g/mol. The number of H-pyrrole nitrogens is 1. The van der Waals surface area contributed by atoms with Crippen molar-refractivity contribution in [1.82, 2.24) is 15.5 Å². The average molecular weight is 247 g/mol. The highest BCUT2D eigenvalue weighted by molar-refractivity contribution is 5.97. The summed E-state index contributed by atoms with van der Waals surface area (Å²) in [5.74, 6) is -0.107. The van der Waals surface area contributed by atoms with Gasteiger partial charge in [0.25, 0.3) is 5.91 Å². The van der Waals surface area contributed by atoms with E-state index in [4.69, 9.17) is 5.11 Å². The van der Waals surface area contributed by atoms with E-state index in [1.807, 2.05) is 19.9 Å². The summed E-state index contributed by atoms with van der Waals surface area (Å²) >= 11 is 0. The van der Waals surface area contributed by atoms with Gasteiger partial charge >= 0.3 is 0 Å². The van der Waals surface area contributed by atoms with Crippen LogP contribution in [0, 0.1) is 5.92 Å². The number of amides is 1. The Bertz CT molecular complexity index is 550. The Hall–Kier alpha value is -1.88. The van der Waals surface area contributed by atoms with Crippen LogP contribution in [0.5, 0.6) is 0 Å². The number of aromatic nitrogens is 2. The van der Waals surface area contributed by atoms with E-state index in [1.165, 1.54) is 0 Å². The Labute approximate surface area is 105 Å². The summed E-state index contributed by atoms with van der Waals surface area (Å²) in [6.07, 6.45) is 1.72. The minimum atomic E-state index is -0.140. The second-order valence-electron chi connectivity index (χ2n) is 4.59. The summed E-state index contributed by atoms with van der Waals surface area (Å²) in [7, 11) is 0. The van der Waals surface area contributed by atoms with Crippen molar-refractivity contribution in [2.24, 2.45) is 5.92 Å². The van der Waals surface area contributed by atoms with Crippen LogP contribution in [0.2, 0.25) is 0 Å². The molecular formula is C13H17N3O2. The number of aliphatic hydroxyl groups is 1. The smallest absolute Gasteiger partial charge is 0.251 e. The van der Waals surface area contributed by atoms with E-state index in [2.05, 4.69) is 15.5 Å². The van der Waals surface area contributed by atoms with Gasteiger partial charge in [0.2, 0.25) is 0 Å². The van der Waals surface area contributed by atoms with Crippen LogP contribution in [0.3, 0.4) is 0 Å². The minimum Gasteiger partial charge on any atom is -0.396 e. The number of aromatic amines is 1. The molecule has 5 nitrogen and oxygen atoms in total. The number of carbonyl (C=O) groups excluding carboxylic acids is 1. The molecule has 2 aromatic rings. The standard InChI is InChI=1S/C13H17N3O2/c1-8(7-17)9(2)15-13(18)10-3-4-11-6-14-16-12(11)5-10/h3-6,8-9,17H,7H2,1-2H3,(H,14,16)(H,15,18). The van der Waals surface area contributed by atoms with Gasteiger partial charge in [0.05, 0.1) is 11.7 Å². The van der Waals surface area contributed by atoms with E-state index in [9.17, 15) is 4.79 Å². The number of hydrogen-bond donors (Lipinski definition) is 3. The molecule has 0 fully saturated rings. The number of nitrogens with one attached hydrogen (secondary N) is 2. The Morgan fingerprint density at radius 2 is 2.28 bits per heavy atom. The van der Waals surface area contributed by atoms with Gasteiger partial charge in [-0.15, -0.1) is 0 Å². The molecule has 18 heavy (non-hydrogen) atoms. The number of rotatable bonds is 4. The lowest BCUT2D eigenvalue weighted by Gasteiger charge is -2.19. The fourth-order valence-corrected chi connectivity index (χ4v) is 1.67. The molecule has 0 saturated heterocycles. The zero-order chi connectivity index (χ0) is 13.1. The molecule has 0 spiro atoms. The first kappa shape index (κ1) is 12.6. The maximum atomic E-state index is 12.0. The van der Waals surface area contributed by atoms with E-state index in [-0.39, 0.29) is 24.5 Å². The van der Waals surface area contributed by atoms with Crippen molar-refractivity contribution in [3.63, 3.8) is 0 Å². The molecule has 3 N–H and O–H groups in total. The zero-order valence-corrected chi connectivity index (χ0v) is 10.5. The van der Waals surface area contributed by atoms with Crippen molar-refractivity contribution in [3.05, 3.63) is 30.0 Å². The minimum absolute atomic E-state index is 0.0323. The van der Waals surface area contributed by atoms with Gasteiger partial charge in [-0.25, -0.2) is 0 Å². The fraction of sp³-hybridized carbons (Fsp3) is 0.385. The lowest BCUT2D eigenvalue weighted by Crippen LogP contribution is -2.38. The molecule has 2 unspecified atom stereocenters. The molecule has 1 aromatic heterocycles. The van der Waals surface area contributed by atoms with E-state index in [1.54, 1.807) is 18.3 Å². The van der Waals surface area contributed by atoms with Gasteiger partial charge in [-0.3, -0.25) is 9.89 Å². The lowest BCUT2D eigenvalue weighted by molar-refractivity contribution is 0.0916. The number of nitrogens with zero attached hydrogens (tertiary/aromatic N) is 1. The fourth-order valence-electron chi connectivity index (χ4n) is 1.67. The first-order valence-electron chi connectivity index (χ1n) is 5.96. The Balaban J connectivity index is 2.13. The third kappa shape index (κ3) is 2.51. The normalized spacial score (nSPS) is 14.4. The van der Waals surface area contributed by atoms with Gasteiger partial charge in [-0.2, -0.15) is 5.10 Å². The predicted molar refractivity (Wildman–Crippen MR) is 69.3 cm³/mol. The van der Waals surface area contributed by atoms with Crippen LogP contribution in [0.25, 0.3) is 10.9 Å². The molecule has 1 amide bonds. The van der Waals surface area contributed by atoms with Gasteiger partial charge < -0.3 is 10.4 Å². The second kappa shape index (κ2) is 5.18. The van der Waals surface area contributed by atoms with Crippen LogP contribution in [-0.4, -0.2) is 33.9 Å². The predicted octanol–water partition coefficient (Wildman–Crippen LogP) is 1.31. The van der Waals surface area contributed by atoms with Gasteiger partial charge in [0.1, 0.15) is 0 Å². The van der Waals surface area contributed by atoms with Crippen molar-refractivity contribution in [2.45, 2.75) is 19.9 Å². The third-order valence-electron chi connectivity index (χ3n) is 3.20. The molecule has 0 aliphatic rings. The summed E-state index contributed by atoms with van der Waals surface area (Å²) in [6, 6.07) is 5.32. The summed E-state index contributed by atoms with van der Waals surface area (Å²) in [5, 5.41) is 19.6. The Kier molecular flexibility index (Phi) is 3.62. The molecule has 2 rings (SSSR count). The summed E-state index contributed by atoms with van der Waals surface area (Å²) in [4.78, 5) is 12.0. The van der Waals surface area contributed by atoms with Gasteiger partial charge in [0.15, 0.2) is 0 Å². The molecule has 96 valence electrons. The van der Waals surface area contributed by atoms with Gasteiger partial charge in [-0.1, -0.05) is 13.0 Å². The first-order chi connectivity index (χ1) is 8.61. The third-order valence-corrected chi connectivity index (χ3v) is 3.20. The van der Waals surface area contributed by atoms with Crippen molar-refractivity contribution < 1.29 is 9.90 Å². The molecule has 2 atom stereocenters. The molecule has 0 saturated carbocycles. The molecule has 0 aliphatic carbocycles. The zero-order valence-electron chi connectivity index (χ0n) is 10.5. The molecule has 1 aromatic carbocycles. The highest BCUT2D eigenvalue weighted by Gasteiger charge is 2.15. The van der Waals surface area contributed by atoms with Crippen molar-refractivity contribution >= 4 is 16.8 Å². The Morgan fingerprint density at radius 1 is 1.50 bits per heavy atom. The van der Waals surface area contributed by atoms with Crippen molar-refractivity contribution in [2.75, 3.05) is 6.61 Å². The monoisotopic (exact) mass is 247 g/mol. The van der Waals surface area contributed by atoms with Crippen molar-refractivity contribution in [3.8, 4) is 0 Å². The van der Waals surface area contributed by atoms with E-state index in [0.717, 1.165) is 10.9 Å². The summed E-state index contributed by atoms with van der Waals surface area (Å²) in [5.41, 5.74) is 1.43. The first-order valence-corrected chi connectivity index (χ1v) is 5.96. The lowest BCUT2D eigenvalue weighted by atomic mass is 10.0. The second-order valence-corrected chi connectivity index (χ2v) is 4.59.